The molecule has 2 aliphatic rings. The van der Waals surface area contributed by atoms with Gasteiger partial charge in [-0.05, 0) is 43.3 Å². The van der Waals surface area contributed by atoms with Crippen LogP contribution in [0, 0.1) is 0 Å². The average molecular weight is 607 g/mol. The van der Waals surface area contributed by atoms with Crippen LogP contribution in [0.3, 0.4) is 0 Å². The first-order valence-corrected chi connectivity index (χ1v) is 16.5. The molecule has 2 unspecified atom stereocenters. The highest BCUT2D eigenvalue weighted by molar-refractivity contribution is 7.98. The molecule has 2 fully saturated rings. The molecule has 9 nitrogen and oxygen atoms in total. The first-order chi connectivity index (χ1) is 20.9. The van der Waals surface area contributed by atoms with E-state index in [4.69, 9.17) is 9.72 Å². The number of carbonyl (C=O) groups excluding carboxylic acids is 1. The van der Waals surface area contributed by atoms with E-state index < -0.39 is 11.7 Å². The lowest BCUT2D eigenvalue weighted by Gasteiger charge is -2.41. The van der Waals surface area contributed by atoms with Crippen LogP contribution < -0.4 is 0 Å². The monoisotopic (exact) mass is 606 g/mol. The van der Waals surface area contributed by atoms with Crippen LogP contribution in [-0.2, 0) is 11.2 Å². The van der Waals surface area contributed by atoms with Gasteiger partial charge in [0.2, 0.25) is 0 Å². The number of rotatable bonds is 11. The minimum Gasteiger partial charge on any atom is -0.465 e. The van der Waals surface area contributed by atoms with Crippen LogP contribution in [0.1, 0.15) is 54.2 Å². The summed E-state index contributed by atoms with van der Waals surface area (Å²) in [7, 11) is 0. The molecule has 43 heavy (non-hydrogen) atoms. The summed E-state index contributed by atoms with van der Waals surface area (Å²) >= 11 is 1.78. The van der Waals surface area contributed by atoms with E-state index >= 15 is 0 Å². The number of nitrogens with zero attached hydrogens (tertiary/aromatic N) is 4. The van der Waals surface area contributed by atoms with Crippen molar-refractivity contribution in [3.8, 4) is 11.3 Å². The van der Waals surface area contributed by atoms with E-state index in [0.717, 1.165) is 42.6 Å². The van der Waals surface area contributed by atoms with Gasteiger partial charge >= 0.3 is 6.09 Å². The van der Waals surface area contributed by atoms with Crippen molar-refractivity contribution < 1.29 is 24.5 Å². The van der Waals surface area contributed by atoms with Crippen molar-refractivity contribution in [3.63, 3.8) is 0 Å². The summed E-state index contributed by atoms with van der Waals surface area (Å²) in [6, 6.07) is 19.0. The summed E-state index contributed by atoms with van der Waals surface area (Å²) in [6.45, 7) is 1.58. The number of hydrogen-bond donors (Lipinski definition) is 2. The molecule has 2 amide bonds. The SMILES string of the molecule is CSCCCOCC1(O)CCCCC1n1cnc(C(=O)N2CCN(C(=O)O)C[C@H]2Cc2ccccc2)c1-c1ccccc1. The number of benzene rings is 2. The summed E-state index contributed by atoms with van der Waals surface area (Å²) in [5, 5.41) is 21.7. The highest BCUT2D eigenvalue weighted by atomic mass is 32.2. The number of aliphatic hydroxyl groups is 1. The molecule has 1 aromatic heterocycles. The number of aromatic nitrogens is 2. The molecule has 0 radical (unpaired) electrons. The summed E-state index contributed by atoms with van der Waals surface area (Å²) in [6.07, 6.45) is 7.51. The maximum absolute atomic E-state index is 14.4. The van der Waals surface area contributed by atoms with Crippen LogP contribution in [0.25, 0.3) is 11.3 Å². The van der Waals surface area contributed by atoms with Gasteiger partial charge in [-0.25, -0.2) is 9.78 Å². The van der Waals surface area contributed by atoms with Crippen molar-refractivity contribution in [1.29, 1.82) is 0 Å². The molecule has 5 rings (SSSR count). The normalized spacial score (nSPS) is 22.5. The zero-order valence-electron chi connectivity index (χ0n) is 24.8. The predicted octanol–water partition coefficient (Wildman–Crippen LogP) is 5.21. The minimum atomic E-state index is -1.08. The van der Waals surface area contributed by atoms with Crippen molar-refractivity contribution in [1.82, 2.24) is 19.4 Å². The Hall–Kier alpha value is -3.34. The Morgan fingerprint density at radius 2 is 1.81 bits per heavy atom. The lowest BCUT2D eigenvalue weighted by Crippen LogP contribution is -2.57. The molecule has 1 aliphatic carbocycles. The Balaban J connectivity index is 1.48. The van der Waals surface area contributed by atoms with E-state index in [-0.39, 0.29) is 44.2 Å². The highest BCUT2D eigenvalue weighted by Crippen LogP contribution is 2.41. The summed E-state index contributed by atoms with van der Waals surface area (Å²) in [5.74, 6) is 0.787. The summed E-state index contributed by atoms with van der Waals surface area (Å²) < 4.78 is 7.99. The fourth-order valence-corrected chi connectivity index (χ4v) is 6.86. The molecule has 1 saturated heterocycles. The van der Waals surface area contributed by atoms with Gasteiger partial charge in [-0.3, -0.25) is 4.79 Å². The third-order valence-corrected chi connectivity index (χ3v) is 9.35. The maximum Gasteiger partial charge on any atom is 0.407 e. The van der Waals surface area contributed by atoms with Crippen LogP contribution >= 0.6 is 11.8 Å². The fraction of sp³-hybridized carbons (Fsp3) is 0.485. The topological polar surface area (TPSA) is 108 Å². The standard InChI is InChI=1S/C33H42N4O5S/c1-43-20-10-19-42-23-33(41)16-9-8-15-28(33)37-24-34-29(30(37)26-13-6-3-7-14-26)31(38)36-18-17-35(32(39)40)22-27(36)21-25-11-4-2-5-12-25/h2-7,11-14,24,27-28,41H,8-10,15-23H2,1H3,(H,39,40)/t27-,28?,33?/m1/s1. The zero-order chi connectivity index (χ0) is 30.2. The van der Waals surface area contributed by atoms with Crippen molar-refractivity contribution in [2.45, 2.75) is 56.2 Å². The van der Waals surface area contributed by atoms with Gasteiger partial charge in [0.1, 0.15) is 5.60 Å². The molecule has 2 heterocycles. The number of carboxylic acid groups (broad SMARTS) is 1. The zero-order valence-corrected chi connectivity index (χ0v) is 25.6. The Labute approximate surface area is 257 Å². The van der Waals surface area contributed by atoms with Gasteiger partial charge in [-0.15, -0.1) is 0 Å². The van der Waals surface area contributed by atoms with Crippen molar-refractivity contribution in [2.75, 3.05) is 44.9 Å². The molecule has 1 saturated carbocycles. The number of ether oxygens (including phenoxy) is 1. The van der Waals surface area contributed by atoms with Crippen LogP contribution in [0.5, 0.6) is 0 Å². The molecular weight excluding hydrogens is 564 g/mol. The predicted molar refractivity (Wildman–Crippen MR) is 169 cm³/mol. The molecule has 0 spiro atoms. The van der Waals surface area contributed by atoms with Gasteiger partial charge in [-0.2, -0.15) is 11.8 Å². The lowest BCUT2D eigenvalue weighted by atomic mass is 9.80. The van der Waals surface area contributed by atoms with Crippen LogP contribution in [0.15, 0.2) is 67.0 Å². The lowest BCUT2D eigenvalue weighted by molar-refractivity contribution is -0.0989. The van der Waals surface area contributed by atoms with E-state index in [9.17, 15) is 19.8 Å². The number of imidazole rings is 1. The van der Waals surface area contributed by atoms with Gasteiger partial charge in [0.25, 0.3) is 5.91 Å². The Morgan fingerprint density at radius 3 is 2.53 bits per heavy atom. The maximum atomic E-state index is 14.4. The Bertz CT molecular complexity index is 1350. The molecule has 0 bridgehead atoms. The minimum absolute atomic E-state index is 0.226. The molecule has 3 aromatic rings. The van der Waals surface area contributed by atoms with Crippen molar-refractivity contribution >= 4 is 23.8 Å². The Morgan fingerprint density at radius 1 is 1.07 bits per heavy atom. The molecule has 10 heteroatoms. The van der Waals surface area contributed by atoms with Crippen LogP contribution in [0.4, 0.5) is 4.79 Å². The van der Waals surface area contributed by atoms with Gasteiger partial charge < -0.3 is 29.3 Å². The third-order valence-electron chi connectivity index (χ3n) is 8.65. The molecule has 2 aromatic carbocycles. The van der Waals surface area contributed by atoms with E-state index in [1.807, 2.05) is 65.2 Å². The average Bonchev–Trinajstić information content (AvgIpc) is 3.46. The number of piperazine rings is 1. The highest BCUT2D eigenvalue weighted by Gasteiger charge is 2.43. The van der Waals surface area contributed by atoms with Crippen LogP contribution in [-0.4, -0.2) is 98.1 Å². The summed E-state index contributed by atoms with van der Waals surface area (Å²) in [5.41, 5.74) is 1.81. The van der Waals surface area contributed by atoms with Crippen LogP contribution in [0.2, 0.25) is 0 Å². The van der Waals surface area contributed by atoms with Crippen molar-refractivity contribution in [2.24, 2.45) is 0 Å². The fourth-order valence-electron chi connectivity index (χ4n) is 6.45. The molecule has 2 N–H and O–H groups in total. The molecule has 1 aliphatic heterocycles. The van der Waals surface area contributed by atoms with E-state index in [1.165, 1.54) is 4.90 Å². The molecule has 3 atom stereocenters. The van der Waals surface area contributed by atoms with E-state index in [0.29, 0.717) is 30.8 Å². The number of hydrogen-bond acceptors (Lipinski definition) is 6. The molecular formula is C33H42N4O5S. The van der Waals surface area contributed by atoms with Crippen molar-refractivity contribution in [3.05, 3.63) is 78.2 Å². The second-order valence-electron chi connectivity index (χ2n) is 11.5. The van der Waals surface area contributed by atoms with E-state index in [2.05, 4.69) is 6.26 Å². The smallest absolute Gasteiger partial charge is 0.407 e. The number of carbonyl (C=O) groups is 2. The summed E-state index contributed by atoms with van der Waals surface area (Å²) in [4.78, 5) is 34.2. The first kappa shape index (κ1) is 31.1. The molecule has 230 valence electrons. The Kier molecular flexibility index (Phi) is 10.4. The quantitative estimate of drug-likeness (QED) is 0.289. The van der Waals surface area contributed by atoms with E-state index in [1.54, 1.807) is 23.0 Å². The third kappa shape index (κ3) is 7.25. The van der Waals surface area contributed by atoms with Gasteiger partial charge in [0.05, 0.1) is 30.7 Å². The second-order valence-corrected chi connectivity index (χ2v) is 12.5. The van der Waals surface area contributed by atoms with Gasteiger partial charge in [-0.1, -0.05) is 73.5 Å². The second kappa shape index (κ2) is 14.4. The van der Waals surface area contributed by atoms with Gasteiger partial charge in [0, 0.05) is 31.8 Å². The first-order valence-electron chi connectivity index (χ1n) is 15.2. The number of thioether (sulfide) groups is 1. The van der Waals surface area contributed by atoms with Gasteiger partial charge in [0.15, 0.2) is 5.69 Å². The number of amides is 2. The largest absolute Gasteiger partial charge is 0.465 e.